The average Bonchev–Trinajstić information content (AvgIpc) is 2.46. The predicted molar refractivity (Wildman–Crippen MR) is 70.5 cm³/mol. The van der Waals surface area contributed by atoms with Crippen LogP contribution < -0.4 is 5.73 Å². The molecule has 3 N–H and O–H groups in total. The predicted octanol–water partition coefficient (Wildman–Crippen LogP) is 2.58. The highest BCUT2D eigenvalue weighted by atomic mass is 19.4. The van der Waals surface area contributed by atoms with Crippen LogP contribution in [0.3, 0.4) is 0 Å². The van der Waals surface area contributed by atoms with E-state index in [0.29, 0.717) is 0 Å². The van der Waals surface area contributed by atoms with Crippen LogP contribution in [0.2, 0.25) is 0 Å². The number of amides is 1. The topological polar surface area (TPSA) is 63.3 Å². The molecule has 3 nitrogen and oxygen atoms in total. The third-order valence-corrected chi connectivity index (χ3v) is 3.18. The molecule has 0 saturated carbocycles. The zero-order valence-corrected chi connectivity index (χ0v) is 10.8. The summed E-state index contributed by atoms with van der Waals surface area (Å²) in [6, 6.07) is 11.4. The summed E-state index contributed by atoms with van der Waals surface area (Å²) < 4.78 is 40.6. The van der Waals surface area contributed by atoms with Crippen LogP contribution in [-0.4, -0.2) is 17.2 Å². The maximum atomic E-state index is 13.5. The number of benzene rings is 2. The Hall–Kier alpha value is -2.34. The highest BCUT2D eigenvalue weighted by molar-refractivity contribution is 5.94. The van der Waals surface area contributed by atoms with Crippen LogP contribution in [0.1, 0.15) is 21.5 Å². The van der Waals surface area contributed by atoms with Crippen molar-refractivity contribution in [3.63, 3.8) is 0 Å². The quantitative estimate of drug-likeness (QED) is 0.914. The van der Waals surface area contributed by atoms with Gasteiger partial charge in [-0.3, -0.25) is 4.79 Å². The van der Waals surface area contributed by atoms with Gasteiger partial charge in [0.2, 0.25) is 11.5 Å². The first-order chi connectivity index (χ1) is 9.78. The number of aliphatic hydroxyl groups is 1. The molecule has 2 aromatic rings. The van der Waals surface area contributed by atoms with Crippen LogP contribution in [-0.2, 0) is 5.60 Å². The Labute approximate surface area is 118 Å². The maximum absolute atomic E-state index is 13.5. The van der Waals surface area contributed by atoms with Gasteiger partial charge in [-0.2, -0.15) is 13.2 Å². The molecule has 2 aromatic carbocycles. The highest BCUT2D eigenvalue weighted by Crippen LogP contribution is 2.45. The Morgan fingerprint density at radius 1 is 0.952 bits per heavy atom. The van der Waals surface area contributed by atoms with Crippen molar-refractivity contribution >= 4 is 5.91 Å². The van der Waals surface area contributed by atoms with Gasteiger partial charge in [-0.05, 0) is 11.6 Å². The van der Waals surface area contributed by atoms with E-state index in [1.807, 2.05) is 0 Å². The molecule has 0 spiro atoms. The lowest BCUT2D eigenvalue weighted by atomic mass is 9.83. The van der Waals surface area contributed by atoms with Crippen molar-refractivity contribution in [3.8, 4) is 0 Å². The first-order valence-electron chi connectivity index (χ1n) is 6.02. The number of primary amides is 1. The van der Waals surface area contributed by atoms with Crippen LogP contribution >= 0.6 is 0 Å². The zero-order valence-electron chi connectivity index (χ0n) is 10.8. The van der Waals surface area contributed by atoms with E-state index in [1.165, 1.54) is 30.3 Å². The number of halogens is 3. The van der Waals surface area contributed by atoms with Gasteiger partial charge in [0.05, 0.1) is 0 Å². The molecule has 0 saturated heterocycles. The minimum atomic E-state index is -5.01. The van der Waals surface area contributed by atoms with Crippen LogP contribution in [0, 0.1) is 0 Å². The number of hydrogen-bond acceptors (Lipinski definition) is 2. The third-order valence-electron chi connectivity index (χ3n) is 3.18. The molecule has 0 bridgehead atoms. The molecular weight excluding hydrogens is 283 g/mol. The fourth-order valence-electron chi connectivity index (χ4n) is 2.16. The van der Waals surface area contributed by atoms with Gasteiger partial charge < -0.3 is 10.8 Å². The Morgan fingerprint density at radius 3 is 2.00 bits per heavy atom. The number of carbonyl (C=O) groups excluding carboxylic acids is 1. The van der Waals surface area contributed by atoms with E-state index in [9.17, 15) is 23.1 Å². The minimum Gasteiger partial charge on any atom is -0.372 e. The maximum Gasteiger partial charge on any atom is 0.425 e. The lowest BCUT2D eigenvalue weighted by Crippen LogP contribution is -2.44. The molecule has 1 atom stereocenters. The Bertz CT molecular complexity index is 655. The van der Waals surface area contributed by atoms with Crippen molar-refractivity contribution in [2.24, 2.45) is 5.73 Å². The molecule has 0 heterocycles. The Balaban J connectivity index is 2.78. The fourth-order valence-corrected chi connectivity index (χ4v) is 2.16. The molecule has 6 heteroatoms. The Morgan fingerprint density at radius 2 is 1.48 bits per heavy atom. The van der Waals surface area contributed by atoms with E-state index in [2.05, 4.69) is 0 Å². The van der Waals surface area contributed by atoms with Gasteiger partial charge in [0.1, 0.15) is 0 Å². The molecular formula is C15H12F3NO2. The Kier molecular flexibility index (Phi) is 3.74. The van der Waals surface area contributed by atoms with E-state index in [4.69, 9.17) is 5.73 Å². The van der Waals surface area contributed by atoms with Gasteiger partial charge in [0.15, 0.2) is 0 Å². The largest absolute Gasteiger partial charge is 0.425 e. The van der Waals surface area contributed by atoms with E-state index in [-0.39, 0.29) is 11.1 Å². The smallest absolute Gasteiger partial charge is 0.372 e. The number of carbonyl (C=O) groups is 1. The van der Waals surface area contributed by atoms with Gasteiger partial charge >= 0.3 is 6.18 Å². The molecule has 0 aliphatic carbocycles. The third kappa shape index (κ3) is 2.50. The zero-order chi connectivity index (χ0) is 15.7. The number of hydrogen-bond donors (Lipinski definition) is 2. The van der Waals surface area contributed by atoms with Crippen LogP contribution in [0.25, 0.3) is 0 Å². The molecule has 2 rings (SSSR count). The van der Waals surface area contributed by atoms with Crippen LogP contribution in [0.4, 0.5) is 13.2 Å². The van der Waals surface area contributed by atoms with Crippen LogP contribution in [0.5, 0.6) is 0 Å². The van der Waals surface area contributed by atoms with Gasteiger partial charge in [-0.15, -0.1) is 0 Å². The molecule has 1 amide bonds. The van der Waals surface area contributed by atoms with Crippen molar-refractivity contribution in [2.45, 2.75) is 11.8 Å². The molecule has 0 aliphatic rings. The summed E-state index contributed by atoms with van der Waals surface area (Å²) in [4.78, 5) is 11.4. The monoisotopic (exact) mass is 295 g/mol. The van der Waals surface area contributed by atoms with Crippen molar-refractivity contribution < 1.29 is 23.1 Å². The molecule has 0 aliphatic heterocycles. The van der Waals surface area contributed by atoms with E-state index < -0.39 is 23.2 Å². The van der Waals surface area contributed by atoms with Crippen molar-refractivity contribution in [3.05, 3.63) is 71.3 Å². The molecule has 110 valence electrons. The van der Waals surface area contributed by atoms with E-state index >= 15 is 0 Å². The molecule has 0 fully saturated rings. The first kappa shape index (κ1) is 15.1. The van der Waals surface area contributed by atoms with E-state index in [1.54, 1.807) is 0 Å². The first-order valence-corrected chi connectivity index (χ1v) is 6.02. The standard InChI is InChI=1S/C15H12F3NO2/c16-15(17,18)14(21,10-6-2-1-3-7-10)12-9-5-4-8-11(12)13(19)20/h1-9,21H,(H2,19,20). The second-order valence-corrected chi connectivity index (χ2v) is 4.48. The lowest BCUT2D eigenvalue weighted by Gasteiger charge is -2.32. The minimum absolute atomic E-state index is 0.374. The van der Waals surface area contributed by atoms with Crippen LogP contribution in [0.15, 0.2) is 54.6 Å². The van der Waals surface area contributed by atoms with Crippen molar-refractivity contribution in [2.75, 3.05) is 0 Å². The van der Waals surface area contributed by atoms with Crippen molar-refractivity contribution in [1.29, 1.82) is 0 Å². The lowest BCUT2D eigenvalue weighted by molar-refractivity contribution is -0.248. The molecule has 1 unspecified atom stereocenters. The number of rotatable bonds is 3. The number of alkyl halides is 3. The summed E-state index contributed by atoms with van der Waals surface area (Å²) in [6.45, 7) is 0. The summed E-state index contributed by atoms with van der Waals surface area (Å²) in [5, 5.41) is 10.4. The molecule has 0 aromatic heterocycles. The second kappa shape index (κ2) is 5.21. The summed E-state index contributed by atoms with van der Waals surface area (Å²) in [7, 11) is 0. The second-order valence-electron chi connectivity index (χ2n) is 4.48. The van der Waals surface area contributed by atoms with Gasteiger partial charge in [0, 0.05) is 11.1 Å². The normalized spacial score (nSPS) is 14.5. The summed E-state index contributed by atoms with van der Waals surface area (Å²) in [5.41, 5.74) is 0.466. The fraction of sp³-hybridized carbons (Fsp3) is 0.133. The van der Waals surface area contributed by atoms with Gasteiger partial charge in [-0.1, -0.05) is 48.5 Å². The SMILES string of the molecule is NC(=O)c1ccccc1C(O)(c1ccccc1)C(F)(F)F. The van der Waals surface area contributed by atoms with Gasteiger partial charge in [-0.25, -0.2) is 0 Å². The molecule has 0 radical (unpaired) electrons. The number of nitrogens with two attached hydrogens (primary N) is 1. The summed E-state index contributed by atoms with van der Waals surface area (Å²) in [6.07, 6.45) is -5.01. The van der Waals surface area contributed by atoms with Crippen molar-refractivity contribution in [1.82, 2.24) is 0 Å². The average molecular weight is 295 g/mol. The highest BCUT2D eigenvalue weighted by Gasteiger charge is 2.57. The summed E-state index contributed by atoms with van der Waals surface area (Å²) >= 11 is 0. The summed E-state index contributed by atoms with van der Waals surface area (Å²) in [5.74, 6) is -1.04. The molecule has 21 heavy (non-hydrogen) atoms. The van der Waals surface area contributed by atoms with Gasteiger partial charge in [0.25, 0.3) is 0 Å². The van der Waals surface area contributed by atoms with E-state index in [0.717, 1.165) is 24.3 Å².